The molecule has 0 atom stereocenters. The van der Waals surface area contributed by atoms with Gasteiger partial charge >= 0.3 is 12.1 Å². The summed E-state index contributed by atoms with van der Waals surface area (Å²) >= 11 is 17.7. The van der Waals surface area contributed by atoms with Gasteiger partial charge in [0.1, 0.15) is 5.69 Å². The topological polar surface area (TPSA) is 50.2 Å². The molecule has 0 aliphatic carbocycles. The Morgan fingerprint density at radius 3 is 2.23 bits per heavy atom. The Labute approximate surface area is 137 Å². The van der Waals surface area contributed by atoms with Crippen LogP contribution in [-0.4, -0.2) is 16.1 Å². The fraction of sp³-hybridized carbons (Fsp3) is 0.0769. The van der Waals surface area contributed by atoms with Gasteiger partial charge in [-0.15, -0.1) is 0 Å². The Bertz CT molecular complexity index is 763. The third kappa shape index (κ3) is 3.29. The second kappa shape index (κ2) is 5.95. The highest BCUT2D eigenvalue weighted by molar-refractivity contribution is 6.46. The fourth-order valence-electron chi connectivity index (χ4n) is 1.69. The zero-order chi connectivity index (χ0) is 16.7. The van der Waals surface area contributed by atoms with Crippen LogP contribution in [0.2, 0.25) is 15.1 Å². The predicted molar refractivity (Wildman–Crippen MR) is 76.7 cm³/mol. The van der Waals surface area contributed by atoms with E-state index in [0.717, 1.165) is 6.07 Å². The number of carboxylic acids is 1. The molecule has 9 heteroatoms. The minimum Gasteiger partial charge on any atom is -0.478 e. The Kier molecular flexibility index (Phi) is 4.56. The molecule has 0 fully saturated rings. The van der Waals surface area contributed by atoms with Crippen molar-refractivity contribution in [2.75, 3.05) is 0 Å². The molecule has 1 heterocycles. The number of aromatic carboxylic acids is 1. The Balaban J connectivity index is 2.79. The molecule has 1 aromatic carbocycles. The van der Waals surface area contributed by atoms with Gasteiger partial charge in [-0.3, -0.25) is 0 Å². The molecule has 2 rings (SSSR count). The summed E-state index contributed by atoms with van der Waals surface area (Å²) in [6.45, 7) is 0. The zero-order valence-electron chi connectivity index (χ0n) is 10.4. The minimum atomic E-state index is -4.82. The summed E-state index contributed by atoms with van der Waals surface area (Å²) in [5.41, 5.74) is -2.35. The van der Waals surface area contributed by atoms with Crippen molar-refractivity contribution < 1.29 is 23.1 Å². The van der Waals surface area contributed by atoms with E-state index in [9.17, 15) is 18.0 Å². The van der Waals surface area contributed by atoms with E-state index >= 15 is 0 Å². The minimum absolute atomic E-state index is 0.00226. The molecule has 0 radical (unpaired) electrons. The molecule has 0 aliphatic heterocycles. The second-order valence-electron chi connectivity index (χ2n) is 4.15. The summed E-state index contributed by atoms with van der Waals surface area (Å²) in [5.74, 6) is -1.54. The van der Waals surface area contributed by atoms with Gasteiger partial charge in [0.2, 0.25) is 0 Å². The molecule has 0 spiro atoms. The van der Waals surface area contributed by atoms with Crippen LogP contribution in [0.3, 0.4) is 0 Å². The van der Waals surface area contributed by atoms with Crippen LogP contribution in [0, 0.1) is 0 Å². The number of hydrogen-bond donors (Lipinski definition) is 1. The second-order valence-corrected chi connectivity index (χ2v) is 5.34. The number of benzene rings is 1. The summed E-state index contributed by atoms with van der Waals surface area (Å²) in [6.07, 6.45) is -4.82. The first kappa shape index (κ1) is 16.9. The monoisotopic (exact) mass is 369 g/mol. The molecule has 116 valence electrons. The molecular formula is C13H5Cl3F3NO2. The molecule has 1 N–H and O–H groups in total. The molecule has 0 aliphatic rings. The molecule has 1 aromatic heterocycles. The Morgan fingerprint density at radius 2 is 1.68 bits per heavy atom. The number of carboxylic acid groups (broad SMARTS) is 1. The molecule has 0 bridgehead atoms. The van der Waals surface area contributed by atoms with Gasteiger partial charge in [-0.2, -0.15) is 13.2 Å². The van der Waals surface area contributed by atoms with Gasteiger partial charge in [-0.05, 0) is 24.3 Å². The summed E-state index contributed by atoms with van der Waals surface area (Å²) in [6, 6.07) is 4.06. The lowest BCUT2D eigenvalue weighted by atomic mass is 10.1. The van der Waals surface area contributed by atoms with Gasteiger partial charge in [0.15, 0.2) is 0 Å². The molecule has 2 aromatic rings. The summed E-state index contributed by atoms with van der Waals surface area (Å²) < 4.78 is 38.6. The normalized spacial score (nSPS) is 11.5. The number of nitrogens with zero attached hydrogens (tertiary/aromatic N) is 1. The average molecular weight is 371 g/mol. The Morgan fingerprint density at radius 1 is 1.09 bits per heavy atom. The van der Waals surface area contributed by atoms with E-state index in [1.54, 1.807) is 0 Å². The smallest absolute Gasteiger partial charge is 0.433 e. The van der Waals surface area contributed by atoms with Crippen molar-refractivity contribution in [3.05, 3.63) is 50.6 Å². The van der Waals surface area contributed by atoms with Gasteiger partial charge in [-0.25, -0.2) is 9.78 Å². The third-order valence-electron chi connectivity index (χ3n) is 2.66. The Hall–Kier alpha value is -1.50. The first-order valence-corrected chi connectivity index (χ1v) is 6.71. The maximum atomic E-state index is 12.9. The summed E-state index contributed by atoms with van der Waals surface area (Å²) in [4.78, 5) is 14.4. The number of pyridine rings is 1. The predicted octanol–water partition coefficient (Wildman–Crippen LogP) is 5.43. The first-order chi connectivity index (χ1) is 10.1. The van der Waals surface area contributed by atoms with E-state index in [-0.39, 0.29) is 26.3 Å². The van der Waals surface area contributed by atoms with E-state index in [2.05, 4.69) is 4.98 Å². The SMILES string of the molecule is O=C(O)c1cc(-c2c(Cl)ccc(Cl)c2Cl)nc(C(F)(F)F)c1. The van der Waals surface area contributed by atoms with Crippen LogP contribution in [0.15, 0.2) is 24.3 Å². The maximum Gasteiger partial charge on any atom is 0.433 e. The van der Waals surface area contributed by atoms with Gasteiger partial charge in [0, 0.05) is 5.56 Å². The summed E-state index contributed by atoms with van der Waals surface area (Å²) in [5, 5.41) is 8.89. The van der Waals surface area contributed by atoms with E-state index in [4.69, 9.17) is 39.9 Å². The van der Waals surface area contributed by atoms with Gasteiger partial charge < -0.3 is 5.11 Å². The van der Waals surface area contributed by atoms with Gasteiger partial charge in [0.05, 0.1) is 26.3 Å². The molecule has 0 saturated carbocycles. The molecule has 3 nitrogen and oxygen atoms in total. The highest BCUT2D eigenvalue weighted by Gasteiger charge is 2.34. The van der Waals surface area contributed by atoms with Crippen LogP contribution in [0.4, 0.5) is 13.2 Å². The van der Waals surface area contributed by atoms with Crippen LogP contribution < -0.4 is 0 Å². The number of alkyl halides is 3. The van der Waals surface area contributed by atoms with E-state index < -0.39 is 23.4 Å². The first-order valence-electron chi connectivity index (χ1n) is 5.57. The van der Waals surface area contributed by atoms with E-state index in [1.165, 1.54) is 12.1 Å². The number of carbonyl (C=O) groups is 1. The highest BCUT2D eigenvalue weighted by Crippen LogP contribution is 2.40. The van der Waals surface area contributed by atoms with Crippen LogP contribution >= 0.6 is 34.8 Å². The van der Waals surface area contributed by atoms with Crippen molar-refractivity contribution in [1.29, 1.82) is 0 Å². The van der Waals surface area contributed by atoms with E-state index in [1.807, 2.05) is 0 Å². The zero-order valence-corrected chi connectivity index (χ0v) is 12.6. The van der Waals surface area contributed by atoms with Crippen molar-refractivity contribution in [2.24, 2.45) is 0 Å². The van der Waals surface area contributed by atoms with E-state index in [0.29, 0.717) is 6.07 Å². The van der Waals surface area contributed by atoms with Gasteiger partial charge in [-0.1, -0.05) is 34.8 Å². The standard InChI is InChI=1S/C13H5Cl3F3NO2/c14-6-1-2-7(15)11(16)10(6)8-3-5(12(21)22)4-9(20-8)13(17,18)19/h1-4H,(H,21,22). The maximum absolute atomic E-state index is 12.9. The third-order valence-corrected chi connectivity index (χ3v) is 3.78. The largest absolute Gasteiger partial charge is 0.478 e. The van der Waals surface area contributed by atoms with Crippen molar-refractivity contribution in [3.8, 4) is 11.3 Å². The molecule has 22 heavy (non-hydrogen) atoms. The number of halogens is 6. The van der Waals surface area contributed by atoms with Crippen LogP contribution in [0.25, 0.3) is 11.3 Å². The number of hydrogen-bond acceptors (Lipinski definition) is 2. The number of rotatable bonds is 2. The van der Waals surface area contributed by atoms with Crippen LogP contribution in [0.5, 0.6) is 0 Å². The van der Waals surface area contributed by atoms with Crippen LogP contribution in [-0.2, 0) is 6.18 Å². The van der Waals surface area contributed by atoms with Crippen molar-refractivity contribution in [1.82, 2.24) is 4.98 Å². The molecule has 0 saturated heterocycles. The summed E-state index contributed by atoms with van der Waals surface area (Å²) in [7, 11) is 0. The molecule has 0 amide bonds. The van der Waals surface area contributed by atoms with Gasteiger partial charge in [0.25, 0.3) is 0 Å². The van der Waals surface area contributed by atoms with Crippen molar-refractivity contribution in [3.63, 3.8) is 0 Å². The average Bonchev–Trinajstić information content (AvgIpc) is 2.42. The fourth-order valence-corrected chi connectivity index (χ4v) is 2.41. The van der Waals surface area contributed by atoms with Crippen LogP contribution in [0.1, 0.15) is 16.1 Å². The lowest BCUT2D eigenvalue weighted by Gasteiger charge is -2.12. The quantitative estimate of drug-likeness (QED) is 0.718. The molecule has 0 unspecified atom stereocenters. The lowest BCUT2D eigenvalue weighted by Crippen LogP contribution is -2.11. The highest BCUT2D eigenvalue weighted by atomic mass is 35.5. The van der Waals surface area contributed by atoms with Crippen molar-refractivity contribution in [2.45, 2.75) is 6.18 Å². The number of aromatic nitrogens is 1. The molecular weight excluding hydrogens is 366 g/mol. The van der Waals surface area contributed by atoms with Crippen molar-refractivity contribution >= 4 is 40.8 Å². The lowest BCUT2D eigenvalue weighted by molar-refractivity contribution is -0.141.